The largest absolute Gasteiger partial charge is 0.326 e. The van der Waals surface area contributed by atoms with Gasteiger partial charge in [0.1, 0.15) is 11.9 Å². The highest BCUT2D eigenvalue weighted by molar-refractivity contribution is 6.31. The van der Waals surface area contributed by atoms with Gasteiger partial charge < -0.3 is 5.32 Å². The van der Waals surface area contributed by atoms with E-state index in [1.807, 2.05) is 13.0 Å². The van der Waals surface area contributed by atoms with Crippen molar-refractivity contribution in [1.82, 2.24) is 14.8 Å². The van der Waals surface area contributed by atoms with Crippen molar-refractivity contribution in [2.75, 3.05) is 10.6 Å². The summed E-state index contributed by atoms with van der Waals surface area (Å²) in [7, 11) is 0. The Labute approximate surface area is 131 Å². The zero-order valence-corrected chi connectivity index (χ0v) is 12.8. The molecule has 1 aromatic carbocycles. The molecule has 1 aromatic heterocycles. The van der Waals surface area contributed by atoms with Crippen LogP contribution in [0.25, 0.3) is 0 Å². The standard InChI is InChI=1S/C14H14ClN5O2/c1-7-3-4-9(5-10(7)15)17-12(21)6-11-13(22)18-14-16-8(2)19-20(11)14/h3-5,11H,6H2,1-2H3,(H,17,21)(H,16,18,19,22). The molecule has 1 aliphatic rings. The number of rotatable bonds is 3. The predicted octanol–water partition coefficient (Wildman–Crippen LogP) is 2.07. The molecule has 0 saturated heterocycles. The van der Waals surface area contributed by atoms with E-state index in [4.69, 9.17) is 11.6 Å². The average Bonchev–Trinajstić information content (AvgIpc) is 2.92. The minimum atomic E-state index is -0.683. The van der Waals surface area contributed by atoms with Crippen molar-refractivity contribution in [2.24, 2.45) is 0 Å². The molecule has 7 nitrogen and oxygen atoms in total. The number of nitrogens with one attached hydrogen (secondary N) is 2. The number of anilines is 2. The molecule has 0 spiro atoms. The van der Waals surface area contributed by atoms with Gasteiger partial charge in [-0.2, -0.15) is 10.1 Å². The minimum absolute atomic E-state index is 0.0207. The van der Waals surface area contributed by atoms with Crippen molar-refractivity contribution >= 4 is 35.1 Å². The number of aromatic nitrogens is 3. The van der Waals surface area contributed by atoms with Gasteiger partial charge in [0.2, 0.25) is 11.9 Å². The van der Waals surface area contributed by atoms with Gasteiger partial charge in [0.25, 0.3) is 5.91 Å². The molecule has 114 valence electrons. The number of benzene rings is 1. The Balaban J connectivity index is 1.71. The third-order valence-electron chi connectivity index (χ3n) is 3.40. The first kappa shape index (κ1) is 14.5. The molecular weight excluding hydrogens is 306 g/mol. The number of hydrogen-bond donors (Lipinski definition) is 2. The minimum Gasteiger partial charge on any atom is -0.326 e. The summed E-state index contributed by atoms with van der Waals surface area (Å²) in [5.74, 6) is 0.345. The van der Waals surface area contributed by atoms with E-state index >= 15 is 0 Å². The molecule has 22 heavy (non-hydrogen) atoms. The highest BCUT2D eigenvalue weighted by Gasteiger charge is 2.34. The Hall–Kier alpha value is -2.41. The summed E-state index contributed by atoms with van der Waals surface area (Å²) in [6.07, 6.45) is -0.0207. The Kier molecular flexibility index (Phi) is 3.58. The van der Waals surface area contributed by atoms with E-state index in [0.717, 1.165) is 5.56 Å². The van der Waals surface area contributed by atoms with Crippen LogP contribution in [-0.4, -0.2) is 26.6 Å². The van der Waals surface area contributed by atoms with Crippen LogP contribution in [0.15, 0.2) is 18.2 Å². The summed E-state index contributed by atoms with van der Waals surface area (Å²) in [5, 5.41) is 10.0. The van der Waals surface area contributed by atoms with Crippen LogP contribution >= 0.6 is 11.6 Å². The number of halogens is 1. The van der Waals surface area contributed by atoms with Crippen molar-refractivity contribution < 1.29 is 9.59 Å². The molecule has 2 aromatic rings. The summed E-state index contributed by atoms with van der Waals surface area (Å²) in [6, 6.07) is 4.57. The third-order valence-corrected chi connectivity index (χ3v) is 3.81. The van der Waals surface area contributed by atoms with E-state index in [-0.39, 0.29) is 18.2 Å². The third kappa shape index (κ3) is 2.67. The molecule has 0 aliphatic carbocycles. The van der Waals surface area contributed by atoms with Gasteiger partial charge in [-0.3, -0.25) is 14.9 Å². The molecule has 1 aliphatic heterocycles. The lowest BCUT2D eigenvalue weighted by Crippen LogP contribution is -2.23. The van der Waals surface area contributed by atoms with Crippen LogP contribution in [0.5, 0.6) is 0 Å². The second-order valence-corrected chi connectivity index (χ2v) is 5.56. The smallest absolute Gasteiger partial charge is 0.252 e. The second-order valence-electron chi connectivity index (χ2n) is 5.15. The maximum Gasteiger partial charge on any atom is 0.252 e. The highest BCUT2D eigenvalue weighted by Crippen LogP contribution is 2.26. The van der Waals surface area contributed by atoms with Crippen LogP contribution in [0.1, 0.15) is 23.9 Å². The number of carbonyl (C=O) groups is 2. The fourth-order valence-electron chi connectivity index (χ4n) is 2.27. The van der Waals surface area contributed by atoms with Gasteiger partial charge in [-0.15, -0.1) is 0 Å². The molecule has 2 heterocycles. The summed E-state index contributed by atoms with van der Waals surface area (Å²) in [6.45, 7) is 3.61. The van der Waals surface area contributed by atoms with Crippen molar-refractivity contribution in [3.8, 4) is 0 Å². The predicted molar refractivity (Wildman–Crippen MR) is 81.9 cm³/mol. The van der Waals surface area contributed by atoms with E-state index in [1.165, 1.54) is 4.68 Å². The molecule has 2 N–H and O–H groups in total. The first-order valence-electron chi connectivity index (χ1n) is 6.74. The normalized spacial score (nSPS) is 16.3. The van der Waals surface area contributed by atoms with Gasteiger partial charge >= 0.3 is 0 Å². The molecule has 0 saturated carbocycles. The van der Waals surface area contributed by atoms with Crippen LogP contribution in [-0.2, 0) is 9.59 Å². The zero-order valence-electron chi connectivity index (χ0n) is 12.1. The molecule has 8 heteroatoms. The van der Waals surface area contributed by atoms with E-state index in [9.17, 15) is 9.59 Å². The van der Waals surface area contributed by atoms with Crippen molar-refractivity contribution in [3.05, 3.63) is 34.6 Å². The number of aryl methyl sites for hydroxylation is 2. The maximum atomic E-state index is 12.1. The molecule has 0 bridgehead atoms. The van der Waals surface area contributed by atoms with Crippen LogP contribution < -0.4 is 10.6 Å². The maximum absolute atomic E-state index is 12.1. The Morgan fingerprint density at radius 2 is 2.23 bits per heavy atom. The van der Waals surface area contributed by atoms with Crippen molar-refractivity contribution in [2.45, 2.75) is 26.3 Å². The number of amides is 2. The number of nitrogens with zero attached hydrogens (tertiary/aromatic N) is 3. The lowest BCUT2D eigenvalue weighted by atomic mass is 10.2. The monoisotopic (exact) mass is 319 g/mol. The van der Waals surface area contributed by atoms with E-state index in [0.29, 0.717) is 22.5 Å². The Morgan fingerprint density at radius 1 is 1.45 bits per heavy atom. The number of hydrogen-bond acceptors (Lipinski definition) is 4. The summed E-state index contributed by atoms with van der Waals surface area (Å²) in [5.41, 5.74) is 1.52. The van der Waals surface area contributed by atoms with Gasteiger partial charge in [-0.25, -0.2) is 4.68 Å². The summed E-state index contributed by atoms with van der Waals surface area (Å²) < 4.78 is 1.44. The first-order valence-corrected chi connectivity index (χ1v) is 7.12. The first-order chi connectivity index (χ1) is 10.4. The van der Waals surface area contributed by atoms with Crippen LogP contribution in [0.3, 0.4) is 0 Å². The molecule has 2 amide bonds. The average molecular weight is 320 g/mol. The van der Waals surface area contributed by atoms with Gasteiger partial charge in [0.05, 0.1) is 6.42 Å². The zero-order chi connectivity index (χ0) is 15.9. The van der Waals surface area contributed by atoms with Gasteiger partial charge in [0, 0.05) is 10.7 Å². The molecular formula is C14H14ClN5O2. The Bertz CT molecular complexity index is 771. The van der Waals surface area contributed by atoms with Gasteiger partial charge in [-0.05, 0) is 31.5 Å². The van der Waals surface area contributed by atoms with Gasteiger partial charge in [0.15, 0.2) is 0 Å². The SMILES string of the molecule is Cc1nc2n(n1)C(CC(=O)Nc1ccc(C)c(Cl)c1)C(=O)N2. The lowest BCUT2D eigenvalue weighted by molar-refractivity contribution is -0.123. The lowest BCUT2D eigenvalue weighted by Gasteiger charge is -2.10. The molecule has 3 rings (SSSR count). The molecule has 1 unspecified atom stereocenters. The topological polar surface area (TPSA) is 88.9 Å². The fourth-order valence-corrected chi connectivity index (χ4v) is 2.46. The van der Waals surface area contributed by atoms with Crippen molar-refractivity contribution in [3.63, 3.8) is 0 Å². The fraction of sp³-hybridized carbons (Fsp3) is 0.286. The molecule has 1 atom stereocenters. The van der Waals surface area contributed by atoms with Crippen molar-refractivity contribution in [1.29, 1.82) is 0 Å². The highest BCUT2D eigenvalue weighted by atomic mass is 35.5. The van der Waals surface area contributed by atoms with E-state index in [2.05, 4.69) is 20.7 Å². The molecule has 0 radical (unpaired) electrons. The number of carbonyl (C=O) groups excluding carboxylic acids is 2. The summed E-state index contributed by atoms with van der Waals surface area (Å²) in [4.78, 5) is 28.1. The van der Waals surface area contributed by atoms with Crippen LogP contribution in [0.4, 0.5) is 11.6 Å². The van der Waals surface area contributed by atoms with Crippen LogP contribution in [0, 0.1) is 13.8 Å². The number of fused-ring (bicyclic) bond motifs is 1. The van der Waals surface area contributed by atoms with E-state index in [1.54, 1.807) is 19.1 Å². The van der Waals surface area contributed by atoms with Gasteiger partial charge in [-0.1, -0.05) is 17.7 Å². The van der Waals surface area contributed by atoms with E-state index < -0.39 is 6.04 Å². The molecule has 0 fully saturated rings. The quantitative estimate of drug-likeness (QED) is 0.906. The Morgan fingerprint density at radius 3 is 2.95 bits per heavy atom. The second kappa shape index (κ2) is 5.42. The van der Waals surface area contributed by atoms with Crippen LogP contribution in [0.2, 0.25) is 5.02 Å². The summed E-state index contributed by atoms with van der Waals surface area (Å²) >= 11 is 6.02.